The Morgan fingerprint density at radius 3 is 1.32 bits per heavy atom. The van der Waals surface area contributed by atoms with E-state index < -0.39 is 5.41 Å². The Morgan fingerprint density at radius 2 is 0.917 bits per heavy atom. The molecule has 0 saturated heterocycles. The molecule has 0 aliphatic heterocycles. The molecule has 60 heavy (non-hydrogen) atoms. The van der Waals surface area contributed by atoms with Crippen molar-refractivity contribution in [3.05, 3.63) is 228 Å². The Morgan fingerprint density at radius 1 is 0.483 bits per heavy atom. The second-order valence-corrected chi connectivity index (χ2v) is 17.6. The van der Waals surface area contributed by atoms with Crippen LogP contribution >= 0.6 is 0 Å². The van der Waals surface area contributed by atoms with Gasteiger partial charge >= 0.3 is 0 Å². The molecule has 0 radical (unpaired) electrons. The maximum Gasteiger partial charge on any atom is 0.0539 e. The van der Waals surface area contributed by atoms with Gasteiger partial charge in [0.2, 0.25) is 0 Å². The van der Waals surface area contributed by atoms with Gasteiger partial charge in [0.25, 0.3) is 0 Å². The first-order chi connectivity index (χ1) is 29.2. The lowest BCUT2D eigenvalue weighted by atomic mass is 9.64. The highest BCUT2D eigenvalue weighted by Gasteiger charge is 2.58. The lowest BCUT2D eigenvalue weighted by molar-refractivity contribution is 0.458. The smallest absolute Gasteiger partial charge is 0.0539 e. The second-order valence-electron chi connectivity index (χ2n) is 17.6. The quantitative estimate of drug-likeness (QED) is 0.159. The summed E-state index contributed by atoms with van der Waals surface area (Å²) >= 11 is 0. The van der Waals surface area contributed by atoms with E-state index in [9.17, 15) is 0 Å². The van der Waals surface area contributed by atoms with E-state index in [4.69, 9.17) is 0 Å². The summed E-state index contributed by atoms with van der Waals surface area (Å²) in [6, 6.07) is 65.3. The molecule has 298 valence electrons. The van der Waals surface area contributed by atoms with Crippen molar-refractivity contribution in [3.63, 3.8) is 0 Å². The van der Waals surface area contributed by atoms with E-state index in [0.717, 1.165) is 34.1 Å². The largest absolute Gasteiger partial charge is 0.310 e. The summed E-state index contributed by atoms with van der Waals surface area (Å²) in [6.07, 6.45) is 7.59. The molecule has 1 spiro atoms. The van der Waals surface area contributed by atoms with Crippen LogP contribution in [0.4, 0.5) is 34.1 Å². The van der Waals surface area contributed by atoms with Crippen molar-refractivity contribution in [2.75, 3.05) is 9.80 Å². The van der Waals surface area contributed by atoms with Crippen LogP contribution in [0.25, 0.3) is 11.1 Å². The van der Waals surface area contributed by atoms with Crippen molar-refractivity contribution in [1.82, 2.24) is 0 Å². The fourth-order valence-electron chi connectivity index (χ4n) is 10.1. The molecule has 10 rings (SSSR count). The molecule has 2 unspecified atom stereocenters. The number of nitrogens with zero attached hydrogens (tertiary/aromatic N) is 2. The molecule has 0 fully saturated rings. The Hall–Kier alpha value is -6.38. The molecular weight excluding hydrogens is 725 g/mol. The monoisotopic (exact) mass is 780 g/mol. The summed E-state index contributed by atoms with van der Waals surface area (Å²) in [4.78, 5) is 4.84. The number of anilines is 6. The van der Waals surface area contributed by atoms with Crippen LogP contribution in [0.15, 0.2) is 200 Å². The van der Waals surface area contributed by atoms with Gasteiger partial charge in [0.1, 0.15) is 0 Å². The third kappa shape index (κ3) is 6.41. The number of hydrogen-bond acceptors (Lipinski definition) is 2. The summed E-state index contributed by atoms with van der Waals surface area (Å²) in [5, 5.41) is 0. The number of hydrogen-bond donors (Lipinski definition) is 0. The zero-order chi connectivity index (χ0) is 41.6. The van der Waals surface area contributed by atoms with E-state index in [1.807, 2.05) is 13.8 Å². The maximum atomic E-state index is 2.66. The fraction of sp³-hybridized carbons (Fsp3) is 0.207. The summed E-state index contributed by atoms with van der Waals surface area (Å²) in [5.41, 5.74) is 17.5. The van der Waals surface area contributed by atoms with E-state index in [2.05, 4.69) is 239 Å². The third-order valence-corrected chi connectivity index (χ3v) is 12.8. The summed E-state index contributed by atoms with van der Waals surface area (Å²) in [6.45, 7) is 15.7. The molecule has 0 heterocycles. The Kier molecular flexibility index (Phi) is 10.2. The van der Waals surface area contributed by atoms with Crippen LogP contribution in [-0.4, -0.2) is 0 Å². The molecular formula is C58H56N2. The molecule has 0 amide bonds. The third-order valence-electron chi connectivity index (χ3n) is 12.8. The molecule has 0 N–H and O–H groups in total. The number of allylic oxidation sites excluding steroid dienone is 4. The molecule has 3 aliphatic rings. The van der Waals surface area contributed by atoms with Crippen molar-refractivity contribution in [2.24, 2.45) is 11.8 Å². The van der Waals surface area contributed by atoms with E-state index >= 15 is 0 Å². The van der Waals surface area contributed by atoms with Gasteiger partial charge in [-0.3, -0.25) is 0 Å². The number of rotatable bonds is 7. The van der Waals surface area contributed by atoms with Crippen molar-refractivity contribution < 1.29 is 0 Å². The lowest BCUT2D eigenvalue weighted by Crippen LogP contribution is -2.34. The molecule has 0 bridgehead atoms. The van der Waals surface area contributed by atoms with E-state index in [0.29, 0.717) is 5.92 Å². The average Bonchev–Trinajstić information content (AvgIpc) is 3.74. The Labute approximate surface area is 358 Å². The Bertz CT molecular complexity index is 2470. The van der Waals surface area contributed by atoms with Crippen molar-refractivity contribution in [3.8, 4) is 11.1 Å². The fourth-order valence-corrected chi connectivity index (χ4v) is 10.1. The highest BCUT2D eigenvalue weighted by atomic mass is 15.1. The van der Waals surface area contributed by atoms with Gasteiger partial charge in [0.05, 0.1) is 5.41 Å². The van der Waals surface area contributed by atoms with Gasteiger partial charge in [-0.05, 0) is 129 Å². The summed E-state index contributed by atoms with van der Waals surface area (Å²) in [5.74, 6) is 0.852. The molecule has 0 aromatic heterocycles. The van der Waals surface area contributed by atoms with Gasteiger partial charge < -0.3 is 9.80 Å². The second kappa shape index (κ2) is 15.7. The standard InChI is InChI=1S/C56H50N2.C2H6/c1-38(2)39-26-30-47-48-31-27-40(55(3,4)5)35-52(48)56(51(47)34-39)53-36-45(57(41-18-10-6-11-19-41)42-20-12-7-13-21-42)28-32-49(53)50-33-29-46(37-54(50)56)58(43-22-14-8-15-23-43)44-24-16-9-17-25-44;1-2/h6-38,47,51H,1-5H3;1-2H3. The van der Waals surface area contributed by atoms with Crippen LogP contribution in [-0.2, 0) is 10.8 Å². The van der Waals surface area contributed by atoms with E-state index in [1.54, 1.807) is 0 Å². The molecule has 2 heteroatoms. The molecule has 3 aliphatic carbocycles. The van der Waals surface area contributed by atoms with Crippen LogP contribution in [0.5, 0.6) is 0 Å². The van der Waals surface area contributed by atoms with Gasteiger partial charge in [0, 0.05) is 46.0 Å². The van der Waals surface area contributed by atoms with Crippen molar-refractivity contribution in [1.29, 1.82) is 0 Å². The summed E-state index contributed by atoms with van der Waals surface area (Å²) in [7, 11) is 0. The molecule has 7 aromatic carbocycles. The van der Waals surface area contributed by atoms with Crippen LogP contribution in [0.3, 0.4) is 0 Å². The first kappa shape index (κ1) is 39.1. The van der Waals surface area contributed by atoms with Crippen LogP contribution in [0, 0.1) is 11.8 Å². The zero-order valence-electron chi connectivity index (χ0n) is 36.1. The predicted octanol–water partition coefficient (Wildman–Crippen LogP) is 16.1. The topological polar surface area (TPSA) is 6.48 Å². The van der Waals surface area contributed by atoms with Crippen molar-refractivity contribution >= 4 is 34.1 Å². The number of fused-ring (bicyclic) bond motifs is 10. The van der Waals surface area contributed by atoms with E-state index in [1.165, 1.54) is 44.5 Å². The van der Waals surface area contributed by atoms with Crippen LogP contribution in [0.2, 0.25) is 0 Å². The minimum absolute atomic E-state index is 0.0124. The van der Waals surface area contributed by atoms with Gasteiger partial charge in [-0.25, -0.2) is 0 Å². The zero-order valence-corrected chi connectivity index (χ0v) is 36.1. The van der Waals surface area contributed by atoms with Gasteiger partial charge in [-0.1, -0.05) is 170 Å². The first-order valence-corrected chi connectivity index (χ1v) is 21.9. The van der Waals surface area contributed by atoms with E-state index in [-0.39, 0.29) is 17.3 Å². The summed E-state index contributed by atoms with van der Waals surface area (Å²) < 4.78 is 0. The highest BCUT2D eigenvalue weighted by Crippen LogP contribution is 2.67. The highest BCUT2D eigenvalue weighted by molar-refractivity contribution is 5.91. The van der Waals surface area contributed by atoms with Gasteiger partial charge in [0.15, 0.2) is 0 Å². The SMILES string of the molecule is CC.CC(C)C1=CC2C(C=C1)c1ccc(C(C)(C)C)cc1C21c2cc(N(c3ccccc3)c3ccccc3)ccc2-c2ccc(N(c3ccccc3)c3ccccc3)cc21. The maximum absolute atomic E-state index is 2.66. The Balaban J connectivity index is 0.00000228. The van der Waals surface area contributed by atoms with Gasteiger partial charge in [-0.15, -0.1) is 0 Å². The normalized spacial score (nSPS) is 16.6. The van der Waals surface area contributed by atoms with Gasteiger partial charge in [-0.2, -0.15) is 0 Å². The van der Waals surface area contributed by atoms with Crippen molar-refractivity contribution in [2.45, 2.75) is 65.2 Å². The number of para-hydroxylation sites is 4. The molecule has 2 atom stereocenters. The average molecular weight is 781 g/mol. The lowest BCUT2D eigenvalue weighted by Gasteiger charge is -2.38. The molecule has 0 saturated carbocycles. The first-order valence-electron chi connectivity index (χ1n) is 21.9. The predicted molar refractivity (Wildman–Crippen MR) is 256 cm³/mol. The molecule has 2 nitrogen and oxygen atoms in total. The van der Waals surface area contributed by atoms with Crippen LogP contribution in [0.1, 0.15) is 82.2 Å². The van der Waals surface area contributed by atoms with Crippen LogP contribution < -0.4 is 9.80 Å². The minimum Gasteiger partial charge on any atom is -0.310 e. The minimum atomic E-state index is -0.444. The molecule has 7 aromatic rings. The number of benzene rings is 7.